The topological polar surface area (TPSA) is 12.0 Å². The van der Waals surface area contributed by atoms with Crippen molar-refractivity contribution in [1.82, 2.24) is 5.32 Å². The van der Waals surface area contributed by atoms with Gasteiger partial charge in [-0.05, 0) is 44.6 Å². The van der Waals surface area contributed by atoms with Gasteiger partial charge in [0.25, 0.3) is 0 Å². The molecule has 16 heavy (non-hydrogen) atoms. The normalized spacial score (nSPS) is 22.7. The van der Waals surface area contributed by atoms with Crippen LogP contribution in [-0.2, 0) is 0 Å². The predicted octanol–water partition coefficient (Wildman–Crippen LogP) is 4.37. The smallest absolute Gasteiger partial charge is 0.00671 e. The van der Waals surface area contributed by atoms with Crippen LogP contribution in [0, 0.1) is 11.8 Å². The Hall–Kier alpha value is -0.0400. The van der Waals surface area contributed by atoms with Crippen molar-refractivity contribution < 1.29 is 0 Å². The van der Waals surface area contributed by atoms with E-state index in [1.807, 2.05) is 0 Å². The van der Waals surface area contributed by atoms with Crippen molar-refractivity contribution in [2.45, 2.75) is 78.2 Å². The SMILES string of the molecule is CCCC(C)CN[C@@H](C)C1CCCCCC1. The van der Waals surface area contributed by atoms with E-state index in [1.165, 1.54) is 57.9 Å². The Morgan fingerprint density at radius 1 is 1.06 bits per heavy atom. The lowest BCUT2D eigenvalue weighted by Crippen LogP contribution is -2.36. The molecule has 96 valence electrons. The summed E-state index contributed by atoms with van der Waals surface area (Å²) in [6.07, 6.45) is 11.4. The molecule has 0 aromatic carbocycles. The van der Waals surface area contributed by atoms with E-state index >= 15 is 0 Å². The quantitative estimate of drug-likeness (QED) is 0.662. The molecule has 1 heteroatoms. The third-order valence-corrected chi connectivity index (χ3v) is 4.18. The van der Waals surface area contributed by atoms with Crippen LogP contribution in [0.15, 0.2) is 0 Å². The Morgan fingerprint density at radius 2 is 1.69 bits per heavy atom. The summed E-state index contributed by atoms with van der Waals surface area (Å²) in [6, 6.07) is 0.734. The Balaban J connectivity index is 2.19. The van der Waals surface area contributed by atoms with Crippen molar-refractivity contribution in [3.8, 4) is 0 Å². The summed E-state index contributed by atoms with van der Waals surface area (Å²) >= 11 is 0. The van der Waals surface area contributed by atoms with Crippen LogP contribution in [0.3, 0.4) is 0 Å². The lowest BCUT2D eigenvalue weighted by Gasteiger charge is -2.25. The fraction of sp³-hybridized carbons (Fsp3) is 1.00. The predicted molar refractivity (Wildman–Crippen MR) is 72.7 cm³/mol. The van der Waals surface area contributed by atoms with Gasteiger partial charge in [-0.15, -0.1) is 0 Å². The Bertz CT molecular complexity index is 159. The maximum absolute atomic E-state index is 3.76. The summed E-state index contributed by atoms with van der Waals surface area (Å²) in [5, 5.41) is 3.76. The van der Waals surface area contributed by atoms with Gasteiger partial charge in [-0.2, -0.15) is 0 Å². The third kappa shape index (κ3) is 5.34. The zero-order valence-electron chi connectivity index (χ0n) is 11.6. The minimum Gasteiger partial charge on any atom is -0.314 e. The van der Waals surface area contributed by atoms with Gasteiger partial charge >= 0.3 is 0 Å². The molecule has 1 N–H and O–H groups in total. The van der Waals surface area contributed by atoms with Crippen LogP contribution < -0.4 is 5.32 Å². The Labute approximate surface area is 102 Å². The van der Waals surface area contributed by atoms with Crippen molar-refractivity contribution >= 4 is 0 Å². The first-order valence-electron chi connectivity index (χ1n) is 7.47. The average Bonchev–Trinajstić information content (AvgIpc) is 2.55. The van der Waals surface area contributed by atoms with Gasteiger partial charge in [0, 0.05) is 6.04 Å². The number of hydrogen-bond acceptors (Lipinski definition) is 1. The molecule has 0 radical (unpaired) electrons. The van der Waals surface area contributed by atoms with E-state index in [-0.39, 0.29) is 0 Å². The van der Waals surface area contributed by atoms with Crippen LogP contribution in [-0.4, -0.2) is 12.6 Å². The van der Waals surface area contributed by atoms with E-state index < -0.39 is 0 Å². The second-order valence-corrected chi connectivity index (χ2v) is 5.84. The van der Waals surface area contributed by atoms with E-state index in [1.54, 1.807) is 0 Å². The number of hydrogen-bond donors (Lipinski definition) is 1. The zero-order valence-corrected chi connectivity index (χ0v) is 11.6. The summed E-state index contributed by atoms with van der Waals surface area (Å²) in [5.74, 6) is 1.79. The lowest BCUT2D eigenvalue weighted by atomic mass is 9.92. The molecular formula is C15H31N. The summed E-state index contributed by atoms with van der Waals surface area (Å²) in [4.78, 5) is 0. The van der Waals surface area contributed by atoms with E-state index in [0.717, 1.165) is 17.9 Å². The summed E-state index contributed by atoms with van der Waals surface area (Å²) < 4.78 is 0. The maximum Gasteiger partial charge on any atom is 0.00671 e. The third-order valence-electron chi connectivity index (χ3n) is 4.18. The fourth-order valence-corrected chi connectivity index (χ4v) is 2.96. The molecule has 0 aromatic rings. The number of rotatable bonds is 6. The molecule has 0 aromatic heterocycles. The molecule has 0 spiro atoms. The summed E-state index contributed by atoms with van der Waals surface area (Å²) in [6.45, 7) is 8.27. The molecule has 1 nitrogen and oxygen atoms in total. The molecule has 0 aliphatic heterocycles. The van der Waals surface area contributed by atoms with Crippen molar-refractivity contribution in [2.75, 3.05) is 6.54 Å². The van der Waals surface area contributed by atoms with Crippen LogP contribution in [0.1, 0.15) is 72.1 Å². The summed E-state index contributed by atoms with van der Waals surface area (Å²) in [7, 11) is 0. The van der Waals surface area contributed by atoms with Crippen molar-refractivity contribution in [3.63, 3.8) is 0 Å². The Morgan fingerprint density at radius 3 is 2.25 bits per heavy atom. The first-order valence-corrected chi connectivity index (χ1v) is 7.47. The molecule has 1 fully saturated rings. The molecule has 2 atom stereocenters. The average molecular weight is 225 g/mol. The van der Waals surface area contributed by atoms with Crippen LogP contribution in [0.2, 0.25) is 0 Å². The van der Waals surface area contributed by atoms with Gasteiger partial charge in [-0.1, -0.05) is 46.0 Å². The highest BCUT2D eigenvalue weighted by Crippen LogP contribution is 2.25. The van der Waals surface area contributed by atoms with Crippen molar-refractivity contribution in [2.24, 2.45) is 11.8 Å². The zero-order chi connectivity index (χ0) is 11.8. The lowest BCUT2D eigenvalue weighted by molar-refractivity contribution is 0.319. The second kappa shape index (κ2) is 8.11. The van der Waals surface area contributed by atoms with E-state index in [4.69, 9.17) is 0 Å². The van der Waals surface area contributed by atoms with Gasteiger partial charge in [0.2, 0.25) is 0 Å². The highest BCUT2D eigenvalue weighted by molar-refractivity contribution is 4.75. The van der Waals surface area contributed by atoms with Gasteiger partial charge in [-0.3, -0.25) is 0 Å². The van der Waals surface area contributed by atoms with E-state index in [2.05, 4.69) is 26.1 Å². The standard InChI is InChI=1S/C15H31N/c1-4-9-13(2)12-16-14(3)15-10-7-5-6-8-11-15/h13-16H,4-12H2,1-3H3/t13?,14-/m0/s1. The first-order chi connectivity index (χ1) is 7.74. The Kier molecular flexibility index (Phi) is 7.11. The van der Waals surface area contributed by atoms with Crippen LogP contribution >= 0.6 is 0 Å². The molecule has 0 saturated heterocycles. The van der Waals surface area contributed by atoms with E-state index in [9.17, 15) is 0 Å². The van der Waals surface area contributed by atoms with E-state index in [0.29, 0.717) is 0 Å². The van der Waals surface area contributed by atoms with Gasteiger partial charge in [0.1, 0.15) is 0 Å². The number of nitrogens with one attached hydrogen (secondary N) is 1. The molecule has 1 aliphatic rings. The molecule has 0 bridgehead atoms. The molecule has 1 aliphatic carbocycles. The van der Waals surface area contributed by atoms with Crippen molar-refractivity contribution in [1.29, 1.82) is 0 Å². The minimum absolute atomic E-state index is 0.734. The molecule has 1 saturated carbocycles. The minimum atomic E-state index is 0.734. The molecule has 1 unspecified atom stereocenters. The van der Waals surface area contributed by atoms with Gasteiger partial charge in [-0.25, -0.2) is 0 Å². The van der Waals surface area contributed by atoms with Crippen LogP contribution in [0.4, 0.5) is 0 Å². The second-order valence-electron chi connectivity index (χ2n) is 5.84. The largest absolute Gasteiger partial charge is 0.314 e. The maximum atomic E-state index is 3.76. The highest BCUT2D eigenvalue weighted by atomic mass is 14.9. The molecule has 0 heterocycles. The summed E-state index contributed by atoms with van der Waals surface area (Å²) in [5.41, 5.74) is 0. The first kappa shape index (κ1) is 14.0. The fourth-order valence-electron chi connectivity index (χ4n) is 2.96. The monoisotopic (exact) mass is 225 g/mol. The van der Waals surface area contributed by atoms with Gasteiger partial charge < -0.3 is 5.32 Å². The molecular weight excluding hydrogens is 194 g/mol. The van der Waals surface area contributed by atoms with Crippen LogP contribution in [0.25, 0.3) is 0 Å². The molecule has 1 rings (SSSR count). The van der Waals surface area contributed by atoms with Gasteiger partial charge in [0.05, 0.1) is 0 Å². The van der Waals surface area contributed by atoms with Gasteiger partial charge in [0.15, 0.2) is 0 Å². The molecule has 0 amide bonds. The van der Waals surface area contributed by atoms with Crippen LogP contribution in [0.5, 0.6) is 0 Å². The van der Waals surface area contributed by atoms with Crippen molar-refractivity contribution in [3.05, 3.63) is 0 Å². The highest BCUT2D eigenvalue weighted by Gasteiger charge is 2.18.